The molecule has 5 nitrogen and oxygen atoms in total. The second-order valence-corrected chi connectivity index (χ2v) is 4.33. The van der Waals surface area contributed by atoms with Crippen molar-refractivity contribution in [2.45, 2.75) is 19.3 Å². The van der Waals surface area contributed by atoms with Gasteiger partial charge in [-0.2, -0.15) is 0 Å². The SMILES string of the molecule is COC(=O)C(=O)C1(C(=O)OC)[C@@H]2CCC[C@@H]21. The Morgan fingerprint density at radius 1 is 1.06 bits per heavy atom. The predicted molar refractivity (Wildman–Crippen MR) is 52.3 cm³/mol. The van der Waals surface area contributed by atoms with E-state index in [0.29, 0.717) is 0 Å². The van der Waals surface area contributed by atoms with Crippen LogP contribution >= 0.6 is 0 Å². The van der Waals surface area contributed by atoms with Crippen molar-refractivity contribution in [1.82, 2.24) is 0 Å². The normalized spacial score (nSPS) is 35.1. The molecule has 0 aliphatic heterocycles. The third kappa shape index (κ3) is 1.14. The molecule has 0 aromatic heterocycles. The number of Topliss-reactive ketones (excluding diaryl/α,β-unsaturated/α-hetero) is 1. The second kappa shape index (κ2) is 3.57. The van der Waals surface area contributed by atoms with Crippen LogP contribution in [0.2, 0.25) is 0 Å². The summed E-state index contributed by atoms with van der Waals surface area (Å²) in [6.07, 6.45) is 2.62. The molecule has 0 saturated heterocycles. The Kier molecular flexibility index (Phi) is 2.48. The fourth-order valence-electron chi connectivity index (χ4n) is 3.12. The van der Waals surface area contributed by atoms with Gasteiger partial charge in [0.2, 0.25) is 0 Å². The van der Waals surface area contributed by atoms with Gasteiger partial charge in [-0.05, 0) is 24.7 Å². The highest BCUT2D eigenvalue weighted by Gasteiger charge is 2.77. The van der Waals surface area contributed by atoms with E-state index in [-0.39, 0.29) is 11.8 Å². The minimum atomic E-state index is -1.22. The summed E-state index contributed by atoms with van der Waals surface area (Å²) in [6, 6.07) is 0. The number of methoxy groups -OCH3 is 2. The molecule has 1 unspecified atom stereocenters. The molecule has 2 fully saturated rings. The Hall–Kier alpha value is -1.39. The van der Waals surface area contributed by atoms with Gasteiger partial charge in [0.15, 0.2) is 0 Å². The van der Waals surface area contributed by atoms with E-state index in [4.69, 9.17) is 0 Å². The van der Waals surface area contributed by atoms with Crippen molar-refractivity contribution >= 4 is 17.7 Å². The van der Waals surface area contributed by atoms with Crippen LogP contribution in [-0.2, 0) is 23.9 Å². The highest BCUT2D eigenvalue weighted by molar-refractivity contribution is 6.41. The van der Waals surface area contributed by atoms with Crippen molar-refractivity contribution in [3.05, 3.63) is 0 Å². The van der Waals surface area contributed by atoms with Gasteiger partial charge in [-0.25, -0.2) is 4.79 Å². The van der Waals surface area contributed by atoms with Gasteiger partial charge in [-0.3, -0.25) is 9.59 Å². The van der Waals surface area contributed by atoms with Crippen molar-refractivity contribution in [2.75, 3.05) is 14.2 Å². The highest BCUT2D eigenvalue weighted by atomic mass is 16.5. The van der Waals surface area contributed by atoms with E-state index >= 15 is 0 Å². The Morgan fingerprint density at radius 3 is 2.06 bits per heavy atom. The molecule has 0 aromatic carbocycles. The second-order valence-electron chi connectivity index (χ2n) is 4.33. The van der Waals surface area contributed by atoms with E-state index in [1.165, 1.54) is 7.11 Å². The maximum Gasteiger partial charge on any atom is 0.375 e. The molecule has 2 aliphatic rings. The van der Waals surface area contributed by atoms with Gasteiger partial charge in [-0.15, -0.1) is 0 Å². The van der Waals surface area contributed by atoms with Gasteiger partial charge < -0.3 is 9.47 Å². The maximum absolute atomic E-state index is 11.9. The van der Waals surface area contributed by atoms with Gasteiger partial charge >= 0.3 is 11.9 Å². The largest absolute Gasteiger partial charge is 0.468 e. The summed E-state index contributed by atoms with van der Waals surface area (Å²) in [6.45, 7) is 0. The smallest absolute Gasteiger partial charge is 0.375 e. The lowest BCUT2D eigenvalue weighted by atomic mass is 9.91. The van der Waals surface area contributed by atoms with Crippen molar-refractivity contribution in [3.63, 3.8) is 0 Å². The number of hydrogen-bond acceptors (Lipinski definition) is 5. The standard InChI is InChI=1S/C11H14O5/c1-15-9(13)8(12)11(10(14)16-2)6-4-3-5-7(6)11/h6-7H,3-5H2,1-2H3/t6-,7+,11?. The number of esters is 2. The fraction of sp³-hybridized carbons (Fsp3) is 0.727. The molecular formula is C11H14O5. The molecule has 0 aromatic rings. The van der Waals surface area contributed by atoms with E-state index in [9.17, 15) is 14.4 Å². The van der Waals surface area contributed by atoms with Crippen LogP contribution in [0.25, 0.3) is 0 Å². The summed E-state index contributed by atoms with van der Waals surface area (Å²) in [5, 5.41) is 0. The van der Waals surface area contributed by atoms with E-state index in [2.05, 4.69) is 9.47 Å². The average Bonchev–Trinajstić information content (AvgIpc) is 2.70. The van der Waals surface area contributed by atoms with Crippen LogP contribution in [0.4, 0.5) is 0 Å². The molecule has 0 heterocycles. The molecule has 2 saturated carbocycles. The van der Waals surface area contributed by atoms with Crippen LogP contribution in [0.15, 0.2) is 0 Å². The lowest BCUT2D eigenvalue weighted by Gasteiger charge is -2.15. The molecule has 5 heteroatoms. The van der Waals surface area contributed by atoms with Crippen molar-refractivity contribution in [3.8, 4) is 0 Å². The topological polar surface area (TPSA) is 69.7 Å². The average molecular weight is 226 g/mol. The Balaban J connectivity index is 2.28. The predicted octanol–water partition coefficient (Wildman–Crippen LogP) is 0.318. The summed E-state index contributed by atoms with van der Waals surface area (Å²) < 4.78 is 9.06. The van der Waals surface area contributed by atoms with Crippen molar-refractivity contribution in [2.24, 2.45) is 17.3 Å². The van der Waals surface area contributed by atoms with Gasteiger partial charge in [-0.1, -0.05) is 6.42 Å². The van der Waals surface area contributed by atoms with Gasteiger partial charge in [0, 0.05) is 0 Å². The van der Waals surface area contributed by atoms with Crippen LogP contribution in [0.3, 0.4) is 0 Å². The molecular weight excluding hydrogens is 212 g/mol. The van der Waals surface area contributed by atoms with Gasteiger partial charge in [0.1, 0.15) is 5.41 Å². The Bertz CT molecular complexity index is 349. The van der Waals surface area contributed by atoms with Crippen LogP contribution < -0.4 is 0 Å². The summed E-state index contributed by atoms with van der Waals surface area (Å²) in [4.78, 5) is 34.9. The molecule has 16 heavy (non-hydrogen) atoms. The number of hydrogen-bond donors (Lipinski definition) is 0. The molecule has 3 atom stereocenters. The lowest BCUT2D eigenvalue weighted by molar-refractivity contribution is -0.163. The minimum absolute atomic E-state index is 0.0217. The van der Waals surface area contributed by atoms with Crippen LogP contribution in [-0.4, -0.2) is 31.9 Å². The number of rotatable bonds is 3. The first-order valence-corrected chi connectivity index (χ1v) is 5.31. The van der Waals surface area contributed by atoms with Gasteiger partial charge in [0.25, 0.3) is 5.78 Å². The lowest BCUT2D eigenvalue weighted by Crippen LogP contribution is -2.37. The summed E-state index contributed by atoms with van der Waals surface area (Å²) in [5.41, 5.74) is -1.22. The molecule has 88 valence electrons. The maximum atomic E-state index is 11.9. The van der Waals surface area contributed by atoms with E-state index < -0.39 is 23.1 Å². The zero-order chi connectivity index (χ0) is 11.9. The van der Waals surface area contributed by atoms with Crippen LogP contribution in [0.5, 0.6) is 0 Å². The fourth-order valence-corrected chi connectivity index (χ4v) is 3.12. The third-order valence-corrected chi connectivity index (χ3v) is 3.85. The summed E-state index contributed by atoms with van der Waals surface area (Å²) >= 11 is 0. The van der Waals surface area contributed by atoms with Crippen LogP contribution in [0.1, 0.15) is 19.3 Å². The third-order valence-electron chi connectivity index (χ3n) is 3.85. The first-order chi connectivity index (χ1) is 7.60. The first kappa shape index (κ1) is 11.1. The summed E-state index contributed by atoms with van der Waals surface area (Å²) in [5.74, 6) is -2.31. The number of carbonyl (C=O) groups is 3. The van der Waals surface area contributed by atoms with E-state index in [0.717, 1.165) is 26.4 Å². The van der Waals surface area contributed by atoms with Crippen LogP contribution in [0, 0.1) is 17.3 Å². The molecule has 0 N–H and O–H groups in total. The molecule has 0 spiro atoms. The zero-order valence-corrected chi connectivity index (χ0v) is 9.32. The molecule has 0 amide bonds. The van der Waals surface area contributed by atoms with Gasteiger partial charge in [0.05, 0.1) is 14.2 Å². The van der Waals surface area contributed by atoms with Crippen molar-refractivity contribution < 1.29 is 23.9 Å². The molecule has 2 aliphatic carbocycles. The Labute approximate surface area is 93.1 Å². The monoisotopic (exact) mass is 226 g/mol. The first-order valence-electron chi connectivity index (χ1n) is 5.31. The number of ketones is 1. The number of ether oxygens (including phenoxy) is 2. The summed E-state index contributed by atoms with van der Waals surface area (Å²) in [7, 11) is 2.38. The number of carbonyl (C=O) groups excluding carboxylic acids is 3. The number of fused-ring (bicyclic) bond motifs is 1. The Morgan fingerprint density at radius 2 is 1.62 bits per heavy atom. The molecule has 2 rings (SSSR count). The van der Waals surface area contributed by atoms with E-state index in [1.807, 2.05) is 0 Å². The minimum Gasteiger partial charge on any atom is -0.468 e. The molecule has 0 radical (unpaired) electrons. The molecule has 0 bridgehead atoms. The highest BCUT2D eigenvalue weighted by Crippen LogP contribution is 2.68. The zero-order valence-electron chi connectivity index (χ0n) is 9.32. The van der Waals surface area contributed by atoms with Crippen molar-refractivity contribution in [1.29, 1.82) is 0 Å². The quantitative estimate of drug-likeness (QED) is 0.393. The van der Waals surface area contributed by atoms with E-state index in [1.54, 1.807) is 0 Å².